The van der Waals surface area contributed by atoms with Crippen LogP contribution in [-0.4, -0.2) is 19.4 Å². The summed E-state index contributed by atoms with van der Waals surface area (Å²) >= 11 is 0. The van der Waals surface area contributed by atoms with Gasteiger partial charge in [0, 0.05) is 22.1 Å². The van der Waals surface area contributed by atoms with Gasteiger partial charge in [0.2, 0.25) is 5.51 Å². The summed E-state index contributed by atoms with van der Waals surface area (Å²) in [5.74, 6) is -4.45. The topological polar surface area (TPSA) is 99.2 Å². The van der Waals surface area contributed by atoms with E-state index >= 15 is 0 Å². The van der Waals surface area contributed by atoms with Gasteiger partial charge in [-0.1, -0.05) is 6.92 Å². The van der Waals surface area contributed by atoms with Crippen LogP contribution in [0.4, 0.5) is 14.5 Å². The second-order valence-corrected chi connectivity index (χ2v) is 9.09. The van der Waals surface area contributed by atoms with Crippen LogP contribution in [0.2, 0.25) is 0 Å². The maximum Gasteiger partial charge on any atom is 0.261 e. The number of carboxylic acid groups (broad SMARTS) is 1. The van der Waals surface area contributed by atoms with Crippen LogP contribution in [0, 0.1) is 11.6 Å². The maximum absolute atomic E-state index is 14.0. The quantitative estimate of drug-likeness (QED) is 0.614. The molecule has 1 aromatic heterocycles. The lowest BCUT2D eigenvalue weighted by Crippen LogP contribution is -2.24. The molecule has 28 heavy (non-hydrogen) atoms. The van der Waals surface area contributed by atoms with E-state index in [-0.39, 0.29) is 15.4 Å². The summed E-state index contributed by atoms with van der Waals surface area (Å²) in [4.78, 5) is 15.7. The van der Waals surface area contributed by atoms with Crippen LogP contribution < -0.4 is 9.83 Å². The molecule has 0 aliphatic carbocycles. The van der Waals surface area contributed by atoms with Crippen molar-refractivity contribution in [2.45, 2.75) is 18.2 Å². The van der Waals surface area contributed by atoms with Gasteiger partial charge in [0.15, 0.2) is 10.3 Å². The van der Waals surface area contributed by atoms with Gasteiger partial charge in [-0.05, 0) is 36.8 Å². The van der Waals surface area contributed by atoms with E-state index in [9.17, 15) is 27.1 Å². The van der Waals surface area contributed by atoms with Crippen molar-refractivity contribution in [3.05, 3.63) is 70.2 Å². The standard InChI is InChI=1S/C18H14F2N2O4S2/c1-2-11-9-27(10-21-11)12-3-5-13(6-4-12)28(25,26)22-17-8-15(19)14(18(23)24)7-16(17)20/h3-10,22H,2H2,1H3. The molecular weight excluding hydrogens is 410 g/mol. The normalized spacial score (nSPS) is 12.0. The Morgan fingerprint density at radius 1 is 1.18 bits per heavy atom. The number of carbonyl (C=O) groups excluding carboxylic acids is 1. The molecule has 0 aliphatic rings. The fourth-order valence-corrected chi connectivity index (χ4v) is 4.99. The number of rotatable bonds is 6. The summed E-state index contributed by atoms with van der Waals surface area (Å²) in [6.45, 7) is 1.98. The molecule has 146 valence electrons. The Bertz CT molecular complexity index is 1140. The molecule has 6 nitrogen and oxygen atoms in total. The summed E-state index contributed by atoms with van der Waals surface area (Å²) in [5, 5.41) is 12.7. The van der Waals surface area contributed by atoms with Crippen LogP contribution >= 0.6 is 10.5 Å². The highest BCUT2D eigenvalue weighted by Gasteiger charge is 2.20. The van der Waals surface area contributed by atoms with E-state index in [2.05, 4.69) is 4.98 Å². The van der Waals surface area contributed by atoms with Crippen LogP contribution in [0.3, 0.4) is 0 Å². The van der Waals surface area contributed by atoms with Crippen molar-refractivity contribution in [2.24, 2.45) is 0 Å². The second-order valence-electron chi connectivity index (χ2n) is 5.75. The summed E-state index contributed by atoms with van der Waals surface area (Å²) in [7, 11) is -4.55. The molecule has 0 aliphatic heterocycles. The minimum absolute atomic E-state index is 0.153. The van der Waals surface area contributed by atoms with Crippen molar-refractivity contribution in [2.75, 3.05) is 4.72 Å². The predicted molar refractivity (Wildman–Crippen MR) is 98.9 cm³/mol. The third-order valence-electron chi connectivity index (χ3n) is 3.88. The molecule has 0 saturated heterocycles. The average molecular weight is 424 g/mol. The van der Waals surface area contributed by atoms with Gasteiger partial charge in [-0.25, -0.2) is 22.2 Å². The van der Waals surface area contributed by atoms with Crippen LogP contribution in [0.5, 0.6) is 0 Å². The second kappa shape index (κ2) is 7.64. The molecule has 0 bridgehead atoms. The molecule has 0 saturated carbocycles. The van der Waals surface area contributed by atoms with Gasteiger partial charge in [-0.15, -0.1) is 0 Å². The largest absolute Gasteiger partial charge is 0.545 e. The van der Waals surface area contributed by atoms with Crippen molar-refractivity contribution in [3.63, 3.8) is 0 Å². The van der Waals surface area contributed by atoms with Crippen molar-refractivity contribution < 1.29 is 27.1 Å². The monoisotopic (exact) mass is 424 g/mol. The molecule has 2 aromatic carbocycles. The summed E-state index contributed by atoms with van der Waals surface area (Å²) in [5.41, 5.74) is 1.05. The van der Waals surface area contributed by atoms with Gasteiger partial charge in [0.25, 0.3) is 10.0 Å². The summed E-state index contributed by atoms with van der Waals surface area (Å²) in [6, 6.07) is 6.76. The van der Waals surface area contributed by atoms with Crippen molar-refractivity contribution in [1.29, 1.82) is 0 Å². The number of thiazole rings is 1. The lowest BCUT2D eigenvalue weighted by Gasteiger charge is -2.11. The number of benzene rings is 2. The summed E-state index contributed by atoms with van der Waals surface area (Å²) < 4.78 is 54.5. The van der Waals surface area contributed by atoms with Gasteiger partial charge >= 0.3 is 0 Å². The fraction of sp³-hybridized carbons (Fsp3) is 0.111. The van der Waals surface area contributed by atoms with Crippen LogP contribution in [0.15, 0.2) is 52.2 Å². The van der Waals surface area contributed by atoms with E-state index in [0.29, 0.717) is 12.1 Å². The number of aryl methyl sites for hydroxylation is 1. The van der Waals surface area contributed by atoms with Gasteiger partial charge in [-0.2, -0.15) is 0 Å². The molecule has 10 heteroatoms. The number of nitrogens with one attached hydrogen (secondary N) is 1. The Kier molecular flexibility index (Phi) is 5.43. The Morgan fingerprint density at radius 2 is 1.86 bits per heavy atom. The smallest absolute Gasteiger partial charge is 0.261 e. The first-order chi connectivity index (χ1) is 13.2. The van der Waals surface area contributed by atoms with Gasteiger partial charge in [0.1, 0.15) is 11.6 Å². The fourth-order valence-electron chi connectivity index (χ4n) is 2.40. The molecule has 1 N–H and O–H groups in total. The molecule has 3 aromatic rings. The SMILES string of the molecule is CCc1c[s+](-c2ccc(S(=O)(=O)Nc3cc(F)c(C(=O)[O-])cc3F)cc2)cn1. The minimum atomic E-state index is -4.21. The maximum atomic E-state index is 14.0. The number of nitrogens with zero attached hydrogens (tertiary/aromatic N) is 1. The Balaban J connectivity index is 1.87. The molecule has 1 unspecified atom stereocenters. The van der Waals surface area contributed by atoms with Gasteiger partial charge < -0.3 is 9.90 Å². The highest BCUT2D eigenvalue weighted by atomic mass is 32.2. The van der Waals surface area contributed by atoms with E-state index in [1.54, 1.807) is 17.6 Å². The lowest BCUT2D eigenvalue weighted by atomic mass is 10.2. The van der Waals surface area contributed by atoms with Gasteiger partial charge in [-0.3, -0.25) is 4.72 Å². The summed E-state index contributed by atoms with van der Waals surface area (Å²) in [6.07, 6.45) is 0.801. The van der Waals surface area contributed by atoms with Crippen LogP contribution in [0.1, 0.15) is 23.0 Å². The number of carbonyl (C=O) groups is 1. The predicted octanol–water partition coefficient (Wildman–Crippen LogP) is 2.82. The molecule has 0 radical (unpaired) electrons. The molecule has 1 atom stereocenters. The van der Waals surface area contributed by atoms with Crippen LogP contribution in [-0.2, 0) is 16.4 Å². The van der Waals surface area contributed by atoms with E-state index < -0.39 is 38.9 Å². The highest BCUT2D eigenvalue weighted by molar-refractivity contribution is 7.92. The highest BCUT2D eigenvalue weighted by Crippen LogP contribution is 2.32. The first kappa shape index (κ1) is 19.9. The van der Waals surface area contributed by atoms with Crippen molar-refractivity contribution >= 4 is 32.1 Å². The van der Waals surface area contributed by atoms with Gasteiger partial charge in [0.05, 0.1) is 22.2 Å². The number of carboxylic acids is 1. The zero-order chi connectivity index (χ0) is 20.5. The lowest BCUT2D eigenvalue weighted by molar-refractivity contribution is -0.255. The Labute approximate surface area is 162 Å². The number of hydrogen-bond acceptors (Lipinski definition) is 5. The van der Waals surface area contributed by atoms with Crippen molar-refractivity contribution in [1.82, 2.24) is 4.98 Å². The molecule has 3 rings (SSSR count). The zero-order valence-corrected chi connectivity index (χ0v) is 16.1. The first-order valence-electron chi connectivity index (χ1n) is 8.01. The third kappa shape index (κ3) is 4.02. The Morgan fingerprint density at radius 3 is 2.43 bits per heavy atom. The first-order valence-corrected chi connectivity index (χ1v) is 10.8. The third-order valence-corrected chi connectivity index (χ3v) is 6.94. The molecule has 1 heterocycles. The minimum Gasteiger partial charge on any atom is -0.545 e. The molecule has 0 amide bonds. The number of hydrogen-bond donors (Lipinski definition) is 1. The Hall–Kier alpha value is -2.85. The van der Waals surface area contributed by atoms with Crippen LogP contribution in [0.25, 0.3) is 4.90 Å². The van der Waals surface area contributed by atoms with Crippen molar-refractivity contribution in [3.8, 4) is 4.90 Å². The number of sulfonamides is 1. The number of anilines is 1. The number of halogens is 2. The van der Waals surface area contributed by atoms with E-state index in [1.807, 2.05) is 17.0 Å². The van der Waals surface area contributed by atoms with E-state index in [4.69, 9.17) is 0 Å². The zero-order valence-electron chi connectivity index (χ0n) is 14.5. The van der Waals surface area contributed by atoms with E-state index in [0.717, 1.165) is 17.0 Å². The number of aromatic nitrogens is 1. The molecular formula is C18H14F2N2O4S2. The van der Waals surface area contributed by atoms with E-state index in [1.165, 1.54) is 12.1 Å². The average Bonchev–Trinajstić information content (AvgIpc) is 3.13. The molecule has 0 fully saturated rings. The molecule has 0 spiro atoms. The number of aromatic carboxylic acids is 1.